The molecule has 3 amide bonds. The summed E-state index contributed by atoms with van der Waals surface area (Å²) in [7, 11) is 0. The minimum absolute atomic E-state index is 0.0278. The average Bonchev–Trinajstić information content (AvgIpc) is 3.54. The Morgan fingerprint density at radius 2 is 1.72 bits per heavy atom. The second-order valence-corrected chi connectivity index (χ2v) is 11.3. The molecule has 1 aromatic carbocycles. The Morgan fingerprint density at radius 1 is 1.02 bits per heavy atom. The third-order valence-electron chi connectivity index (χ3n) is 6.81. The van der Waals surface area contributed by atoms with E-state index in [-0.39, 0.29) is 44.1 Å². The van der Waals surface area contributed by atoms with Crippen molar-refractivity contribution < 1.29 is 33.4 Å². The molecule has 1 atom stereocenters. The van der Waals surface area contributed by atoms with Gasteiger partial charge in [-0.05, 0) is 40.2 Å². The Morgan fingerprint density at radius 3 is 2.35 bits per heavy atom. The van der Waals surface area contributed by atoms with E-state index in [0.29, 0.717) is 37.6 Å². The monoisotopic (exact) mass is 593 g/mol. The summed E-state index contributed by atoms with van der Waals surface area (Å²) in [6, 6.07) is 9.85. The molecule has 1 saturated heterocycles. The van der Waals surface area contributed by atoms with Crippen LogP contribution in [0.15, 0.2) is 42.7 Å². The quantitative estimate of drug-likeness (QED) is 0.433. The summed E-state index contributed by atoms with van der Waals surface area (Å²) in [5.41, 5.74) is 1.52. The number of nitrogens with zero attached hydrogens (tertiary/aromatic N) is 4. The van der Waals surface area contributed by atoms with Crippen molar-refractivity contribution in [3.8, 4) is 11.4 Å². The summed E-state index contributed by atoms with van der Waals surface area (Å²) < 4.78 is 15.9. The normalized spacial score (nSPS) is 15.7. The standard InChI is InChI=1S/C31H39N5O7/c1-5-42-30(40)36-16-14-35(15-17-36)29(39)23(11-12-26(37)43-31(2,3)4)34-28(38)25-19-24(22-13-18-41-20-22)32-27(33-25)21-9-7-6-8-10-21/h6-10,19-20,23H,5,11-18H2,1-4H3,(H,34,38). The lowest BCUT2D eigenvalue weighted by Crippen LogP contribution is -2.56. The van der Waals surface area contributed by atoms with Crippen molar-refractivity contribution in [2.24, 2.45) is 0 Å². The Hall–Kier alpha value is -4.48. The summed E-state index contributed by atoms with van der Waals surface area (Å²) in [6.07, 6.45) is 1.79. The van der Waals surface area contributed by atoms with E-state index in [4.69, 9.17) is 14.2 Å². The van der Waals surface area contributed by atoms with Gasteiger partial charge >= 0.3 is 12.1 Å². The molecule has 3 heterocycles. The van der Waals surface area contributed by atoms with Gasteiger partial charge in [0.2, 0.25) is 5.91 Å². The number of piperazine rings is 1. The van der Waals surface area contributed by atoms with Gasteiger partial charge < -0.3 is 29.3 Å². The fourth-order valence-electron chi connectivity index (χ4n) is 4.71. The molecular formula is C31H39N5O7. The molecule has 2 aromatic rings. The molecule has 1 unspecified atom stereocenters. The zero-order valence-electron chi connectivity index (χ0n) is 25.1. The molecule has 1 fully saturated rings. The highest BCUT2D eigenvalue weighted by Crippen LogP contribution is 2.25. The molecule has 0 spiro atoms. The van der Waals surface area contributed by atoms with Crippen molar-refractivity contribution in [1.29, 1.82) is 0 Å². The van der Waals surface area contributed by atoms with Crippen LogP contribution in [0.4, 0.5) is 4.79 Å². The SMILES string of the molecule is CCOC(=O)N1CCN(C(=O)C(CCC(=O)OC(C)(C)C)NC(=O)c2cc(C3=COCC3)nc(-c3ccccc3)n2)CC1. The topological polar surface area (TPSA) is 140 Å². The van der Waals surface area contributed by atoms with Crippen molar-refractivity contribution in [2.75, 3.05) is 39.4 Å². The number of hydrogen-bond acceptors (Lipinski definition) is 9. The molecule has 2 aliphatic rings. The molecule has 0 radical (unpaired) electrons. The number of esters is 1. The van der Waals surface area contributed by atoms with Gasteiger partial charge in [-0.3, -0.25) is 14.4 Å². The van der Waals surface area contributed by atoms with Crippen molar-refractivity contribution >= 4 is 29.5 Å². The summed E-state index contributed by atoms with van der Waals surface area (Å²) in [4.78, 5) is 64.3. The second-order valence-electron chi connectivity index (χ2n) is 11.3. The molecule has 12 nitrogen and oxygen atoms in total. The van der Waals surface area contributed by atoms with Gasteiger partial charge in [-0.2, -0.15) is 0 Å². The molecule has 1 N–H and O–H groups in total. The van der Waals surface area contributed by atoms with Crippen LogP contribution in [0.1, 0.15) is 63.1 Å². The molecule has 4 rings (SSSR count). The first-order valence-corrected chi connectivity index (χ1v) is 14.5. The molecule has 0 aliphatic carbocycles. The zero-order valence-corrected chi connectivity index (χ0v) is 25.1. The molecule has 43 heavy (non-hydrogen) atoms. The number of amides is 3. The predicted molar refractivity (Wildman–Crippen MR) is 158 cm³/mol. The van der Waals surface area contributed by atoms with Crippen LogP contribution < -0.4 is 5.32 Å². The number of carbonyl (C=O) groups excluding carboxylic acids is 4. The van der Waals surface area contributed by atoms with Gasteiger partial charge in [0.25, 0.3) is 5.91 Å². The summed E-state index contributed by atoms with van der Waals surface area (Å²) in [5.74, 6) is -1.05. The lowest BCUT2D eigenvalue weighted by atomic mass is 10.1. The summed E-state index contributed by atoms with van der Waals surface area (Å²) in [6.45, 7) is 8.93. The highest BCUT2D eigenvalue weighted by Gasteiger charge is 2.32. The van der Waals surface area contributed by atoms with Gasteiger partial charge in [-0.1, -0.05) is 30.3 Å². The van der Waals surface area contributed by atoms with Crippen molar-refractivity contribution in [2.45, 2.75) is 58.6 Å². The third-order valence-corrected chi connectivity index (χ3v) is 6.81. The molecule has 0 saturated carbocycles. The van der Waals surface area contributed by atoms with E-state index in [0.717, 1.165) is 11.1 Å². The van der Waals surface area contributed by atoms with Crippen LogP contribution in [0.2, 0.25) is 0 Å². The predicted octanol–water partition coefficient (Wildman–Crippen LogP) is 3.43. The number of rotatable bonds is 9. The Bertz CT molecular complexity index is 1350. The number of carbonyl (C=O) groups is 4. The van der Waals surface area contributed by atoms with E-state index in [1.54, 1.807) is 44.9 Å². The molecule has 230 valence electrons. The number of hydrogen-bond donors (Lipinski definition) is 1. The van der Waals surface area contributed by atoms with Gasteiger partial charge in [-0.25, -0.2) is 14.8 Å². The van der Waals surface area contributed by atoms with E-state index in [1.165, 1.54) is 4.90 Å². The largest absolute Gasteiger partial charge is 0.500 e. The number of ether oxygens (including phenoxy) is 3. The van der Waals surface area contributed by atoms with E-state index >= 15 is 0 Å². The second kappa shape index (κ2) is 14.1. The van der Waals surface area contributed by atoms with Crippen LogP contribution in [0, 0.1) is 0 Å². The summed E-state index contributed by atoms with van der Waals surface area (Å²) in [5, 5.41) is 2.82. The first-order valence-electron chi connectivity index (χ1n) is 14.5. The fraction of sp³-hybridized carbons (Fsp3) is 0.484. The average molecular weight is 594 g/mol. The highest BCUT2D eigenvalue weighted by molar-refractivity contribution is 5.97. The maximum absolute atomic E-state index is 13.7. The van der Waals surface area contributed by atoms with Crippen molar-refractivity contribution in [1.82, 2.24) is 25.1 Å². The van der Waals surface area contributed by atoms with Crippen molar-refractivity contribution in [3.63, 3.8) is 0 Å². The van der Waals surface area contributed by atoms with Crippen LogP contribution >= 0.6 is 0 Å². The molecule has 12 heteroatoms. The Labute approximate surface area is 251 Å². The Kier molecular flexibility index (Phi) is 10.3. The maximum atomic E-state index is 13.7. The van der Waals surface area contributed by atoms with Crippen molar-refractivity contribution in [3.05, 3.63) is 54.0 Å². The van der Waals surface area contributed by atoms with Crippen LogP contribution in [-0.2, 0) is 23.8 Å². The fourth-order valence-corrected chi connectivity index (χ4v) is 4.71. The van der Waals surface area contributed by atoms with Crippen LogP contribution in [-0.4, -0.2) is 94.7 Å². The molecular weight excluding hydrogens is 554 g/mol. The minimum atomic E-state index is -1.03. The van der Waals surface area contributed by atoms with Crippen LogP contribution in [0.3, 0.4) is 0 Å². The van der Waals surface area contributed by atoms with Crippen LogP contribution in [0.25, 0.3) is 17.0 Å². The Balaban J connectivity index is 1.56. The molecule has 0 bridgehead atoms. The molecule has 2 aliphatic heterocycles. The van der Waals surface area contributed by atoms with Gasteiger partial charge in [0.05, 0.1) is 25.2 Å². The van der Waals surface area contributed by atoms with Gasteiger partial charge in [0.1, 0.15) is 17.3 Å². The van der Waals surface area contributed by atoms with E-state index < -0.39 is 29.6 Å². The zero-order chi connectivity index (χ0) is 31.0. The highest BCUT2D eigenvalue weighted by atomic mass is 16.6. The summed E-state index contributed by atoms with van der Waals surface area (Å²) >= 11 is 0. The number of benzene rings is 1. The molecule has 1 aromatic heterocycles. The third kappa shape index (κ3) is 8.76. The van der Waals surface area contributed by atoms with E-state index in [2.05, 4.69) is 15.3 Å². The smallest absolute Gasteiger partial charge is 0.409 e. The lowest BCUT2D eigenvalue weighted by Gasteiger charge is -2.36. The van der Waals surface area contributed by atoms with E-state index in [1.807, 2.05) is 30.3 Å². The number of nitrogens with one attached hydrogen (secondary N) is 1. The first kappa shape index (κ1) is 31.5. The van der Waals surface area contributed by atoms with Crippen LogP contribution in [0.5, 0.6) is 0 Å². The maximum Gasteiger partial charge on any atom is 0.409 e. The number of aromatic nitrogens is 2. The minimum Gasteiger partial charge on any atom is -0.500 e. The van der Waals surface area contributed by atoms with Gasteiger partial charge in [0, 0.05) is 50.2 Å². The first-order chi connectivity index (χ1) is 20.5. The van der Waals surface area contributed by atoms with E-state index in [9.17, 15) is 19.2 Å². The lowest BCUT2D eigenvalue weighted by molar-refractivity contribution is -0.155. The van der Waals surface area contributed by atoms with Gasteiger partial charge in [-0.15, -0.1) is 0 Å². The van der Waals surface area contributed by atoms with Gasteiger partial charge in [0.15, 0.2) is 5.82 Å².